The maximum Gasteiger partial charge on any atom is 0.259 e. The topological polar surface area (TPSA) is 23.6 Å². The van der Waals surface area contributed by atoms with Gasteiger partial charge < -0.3 is 0 Å². The summed E-state index contributed by atoms with van der Waals surface area (Å²) in [6.07, 6.45) is 0. The molecular formula is C7H12Cl2N2O. The molecule has 0 atom stereocenters. The molecule has 5 heteroatoms. The lowest BCUT2D eigenvalue weighted by Gasteiger charge is -2.31. The van der Waals surface area contributed by atoms with Gasteiger partial charge >= 0.3 is 0 Å². The molecule has 1 fully saturated rings. The molecule has 0 aliphatic carbocycles. The molecule has 3 nitrogen and oxygen atoms in total. The van der Waals surface area contributed by atoms with E-state index in [1.807, 2.05) is 0 Å². The Morgan fingerprint density at radius 2 is 1.58 bits per heavy atom. The Morgan fingerprint density at radius 3 is 1.67 bits per heavy atom. The summed E-state index contributed by atoms with van der Waals surface area (Å²) in [7, 11) is 0. The lowest BCUT2D eigenvalue weighted by molar-refractivity contribution is -0.128. The molecule has 1 amide bonds. The molecular weight excluding hydrogens is 199 g/mol. The van der Waals surface area contributed by atoms with Crippen molar-refractivity contribution in [1.29, 1.82) is 0 Å². The van der Waals surface area contributed by atoms with Crippen molar-refractivity contribution in [3.63, 3.8) is 0 Å². The van der Waals surface area contributed by atoms with Gasteiger partial charge in [0.2, 0.25) is 0 Å². The molecule has 12 heavy (non-hydrogen) atoms. The fraction of sp³-hybridized carbons (Fsp3) is 0.857. The van der Waals surface area contributed by atoms with Gasteiger partial charge in [0.25, 0.3) is 5.91 Å². The third kappa shape index (κ3) is 1.04. The van der Waals surface area contributed by atoms with Crippen LogP contribution in [0.3, 0.4) is 0 Å². The number of carbonyl (C=O) groups is 1. The van der Waals surface area contributed by atoms with Crippen molar-refractivity contribution in [2.45, 2.75) is 38.9 Å². The van der Waals surface area contributed by atoms with Gasteiger partial charge in [0, 0.05) is 11.8 Å². The molecule has 0 N–H and O–H groups in total. The van der Waals surface area contributed by atoms with Crippen molar-refractivity contribution >= 4 is 29.5 Å². The third-order valence-corrected chi connectivity index (χ3v) is 3.56. The van der Waals surface area contributed by atoms with Crippen molar-refractivity contribution in [2.75, 3.05) is 0 Å². The van der Waals surface area contributed by atoms with E-state index >= 15 is 0 Å². The highest BCUT2D eigenvalue weighted by Gasteiger charge is 2.56. The van der Waals surface area contributed by atoms with Crippen LogP contribution in [-0.4, -0.2) is 25.9 Å². The van der Waals surface area contributed by atoms with Crippen LogP contribution >= 0.6 is 23.6 Å². The van der Waals surface area contributed by atoms with E-state index in [1.165, 1.54) is 4.42 Å². The molecule has 0 bridgehead atoms. The third-order valence-electron chi connectivity index (χ3n) is 2.15. The molecule has 1 saturated heterocycles. The first-order valence-corrected chi connectivity index (χ1v) is 4.36. The summed E-state index contributed by atoms with van der Waals surface area (Å²) in [5, 5.41) is 0. The lowest BCUT2D eigenvalue weighted by atomic mass is 10.1. The Bertz CT molecular complexity index is 227. The summed E-state index contributed by atoms with van der Waals surface area (Å²) in [5.74, 6) is -0.177. The Balaban J connectivity index is 3.12. The Kier molecular flexibility index (Phi) is 2.10. The summed E-state index contributed by atoms with van der Waals surface area (Å²) in [4.78, 5) is 11.5. The highest BCUT2D eigenvalue weighted by Crippen LogP contribution is 2.40. The van der Waals surface area contributed by atoms with Gasteiger partial charge in [-0.1, -0.05) is 0 Å². The van der Waals surface area contributed by atoms with Crippen LogP contribution < -0.4 is 0 Å². The van der Waals surface area contributed by atoms with E-state index < -0.39 is 11.2 Å². The molecule has 0 radical (unpaired) electrons. The number of hydrogen-bond acceptors (Lipinski definition) is 2. The van der Waals surface area contributed by atoms with Crippen LogP contribution in [0.2, 0.25) is 0 Å². The number of halogens is 2. The van der Waals surface area contributed by atoms with Gasteiger partial charge in [-0.05, 0) is 39.5 Å². The highest BCUT2D eigenvalue weighted by molar-refractivity contribution is 6.27. The first kappa shape index (κ1) is 10.1. The van der Waals surface area contributed by atoms with Crippen molar-refractivity contribution < 1.29 is 4.79 Å². The number of hydrogen-bond donors (Lipinski definition) is 0. The van der Waals surface area contributed by atoms with Gasteiger partial charge in [0.05, 0.1) is 0 Å². The normalized spacial score (nSPS) is 28.2. The average Bonchev–Trinajstić information content (AvgIpc) is 2.06. The second-order valence-electron chi connectivity index (χ2n) is 3.92. The number of carbonyl (C=O) groups excluding carboxylic acids is 1. The predicted octanol–water partition coefficient (Wildman–Crippen LogP) is 1.95. The Labute approximate surface area is 82.4 Å². The minimum atomic E-state index is -0.729. The summed E-state index contributed by atoms with van der Waals surface area (Å²) < 4.78 is 2.58. The maximum absolute atomic E-state index is 11.5. The monoisotopic (exact) mass is 210 g/mol. The Hall–Kier alpha value is 0.01000. The van der Waals surface area contributed by atoms with E-state index in [2.05, 4.69) is 0 Å². The standard InChI is InChI=1S/C7H12Cl2N2O/c1-6(2)5(12)10(8)7(3,4)11(6)9/h1-4H3. The molecule has 0 aromatic carbocycles. The van der Waals surface area contributed by atoms with Gasteiger partial charge in [-0.2, -0.15) is 4.42 Å². The summed E-state index contributed by atoms with van der Waals surface area (Å²) in [5.41, 5.74) is -1.36. The SMILES string of the molecule is CC1(C)C(=O)N(Cl)C(C)(C)N1Cl. The zero-order valence-corrected chi connectivity index (χ0v) is 9.07. The van der Waals surface area contributed by atoms with E-state index in [0.717, 1.165) is 4.42 Å². The van der Waals surface area contributed by atoms with E-state index in [4.69, 9.17) is 23.6 Å². The number of amides is 1. The van der Waals surface area contributed by atoms with Crippen LogP contribution in [0, 0.1) is 0 Å². The van der Waals surface area contributed by atoms with Gasteiger partial charge in [-0.25, -0.2) is 4.42 Å². The first-order chi connectivity index (χ1) is 5.22. The average molecular weight is 211 g/mol. The predicted molar refractivity (Wildman–Crippen MR) is 48.5 cm³/mol. The fourth-order valence-electron chi connectivity index (χ4n) is 1.33. The largest absolute Gasteiger partial charge is 0.271 e. The van der Waals surface area contributed by atoms with Crippen LogP contribution in [-0.2, 0) is 4.79 Å². The summed E-state index contributed by atoms with van der Waals surface area (Å²) in [6, 6.07) is 0. The van der Waals surface area contributed by atoms with Crippen molar-refractivity contribution in [2.24, 2.45) is 0 Å². The van der Waals surface area contributed by atoms with Crippen molar-refractivity contribution in [3.8, 4) is 0 Å². The molecule has 70 valence electrons. The molecule has 1 aliphatic heterocycles. The zero-order valence-electron chi connectivity index (χ0n) is 7.56. The van der Waals surface area contributed by atoms with Crippen molar-refractivity contribution in [3.05, 3.63) is 0 Å². The molecule has 0 aromatic rings. The summed E-state index contributed by atoms with van der Waals surface area (Å²) >= 11 is 11.8. The van der Waals surface area contributed by atoms with E-state index in [1.54, 1.807) is 27.7 Å². The zero-order chi connectivity index (χ0) is 9.73. The Morgan fingerprint density at radius 1 is 1.17 bits per heavy atom. The van der Waals surface area contributed by atoms with Gasteiger partial charge in [-0.3, -0.25) is 4.79 Å². The lowest BCUT2D eigenvalue weighted by Crippen LogP contribution is -2.44. The number of rotatable bonds is 0. The summed E-state index contributed by atoms with van der Waals surface area (Å²) in [6.45, 7) is 7.07. The van der Waals surface area contributed by atoms with Crippen LogP contribution in [0.5, 0.6) is 0 Å². The van der Waals surface area contributed by atoms with Gasteiger partial charge in [-0.15, -0.1) is 0 Å². The molecule has 1 heterocycles. The second kappa shape index (κ2) is 2.50. The molecule has 1 aliphatic rings. The first-order valence-electron chi connectivity index (χ1n) is 3.69. The minimum Gasteiger partial charge on any atom is -0.271 e. The van der Waals surface area contributed by atoms with Crippen LogP contribution in [0.25, 0.3) is 0 Å². The second-order valence-corrected chi connectivity index (χ2v) is 4.60. The molecule has 0 unspecified atom stereocenters. The molecule has 0 saturated carbocycles. The van der Waals surface area contributed by atoms with Crippen molar-refractivity contribution in [1.82, 2.24) is 8.84 Å². The van der Waals surface area contributed by atoms with E-state index in [0.29, 0.717) is 0 Å². The van der Waals surface area contributed by atoms with E-state index in [9.17, 15) is 4.79 Å². The molecule has 1 rings (SSSR count). The quantitative estimate of drug-likeness (QED) is 0.571. The van der Waals surface area contributed by atoms with Crippen LogP contribution in [0.15, 0.2) is 0 Å². The van der Waals surface area contributed by atoms with Crippen LogP contribution in [0.4, 0.5) is 0 Å². The maximum atomic E-state index is 11.5. The molecule has 0 aromatic heterocycles. The minimum absolute atomic E-state index is 0.177. The molecule has 0 spiro atoms. The van der Waals surface area contributed by atoms with E-state index in [-0.39, 0.29) is 5.91 Å². The number of nitrogens with zero attached hydrogens (tertiary/aromatic N) is 2. The van der Waals surface area contributed by atoms with Gasteiger partial charge in [0.15, 0.2) is 0 Å². The fourth-order valence-corrected chi connectivity index (χ4v) is 1.80. The highest BCUT2D eigenvalue weighted by atomic mass is 35.5. The van der Waals surface area contributed by atoms with Gasteiger partial charge in [0.1, 0.15) is 11.2 Å². The smallest absolute Gasteiger partial charge is 0.259 e. The van der Waals surface area contributed by atoms with Crippen LogP contribution in [0.1, 0.15) is 27.7 Å².